The molecule has 21 heavy (non-hydrogen) atoms. The van der Waals surface area contributed by atoms with E-state index in [0.717, 1.165) is 17.8 Å². The lowest BCUT2D eigenvalue weighted by Gasteiger charge is -2.14. The molecule has 8 heteroatoms. The van der Waals surface area contributed by atoms with Crippen molar-refractivity contribution in [2.75, 3.05) is 0 Å². The predicted octanol–water partition coefficient (Wildman–Crippen LogP) is 2.41. The van der Waals surface area contributed by atoms with Gasteiger partial charge in [-0.15, -0.1) is 0 Å². The zero-order valence-electron chi connectivity index (χ0n) is 11.0. The summed E-state index contributed by atoms with van der Waals surface area (Å²) in [6, 6.07) is 7.36. The average molecular weight is 329 g/mol. The number of benzene rings is 1. The Hall–Kier alpha value is -1.83. The molecule has 0 amide bonds. The summed E-state index contributed by atoms with van der Waals surface area (Å²) in [6.45, 7) is 1.69. The van der Waals surface area contributed by atoms with Crippen molar-refractivity contribution in [3.8, 4) is 0 Å². The lowest BCUT2D eigenvalue weighted by atomic mass is 10.1. The second-order valence-electron chi connectivity index (χ2n) is 4.45. The Labute approximate surface area is 126 Å². The molecule has 0 aliphatic rings. The summed E-state index contributed by atoms with van der Waals surface area (Å²) < 4.78 is 26.8. The molecule has 0 unspecified atom stereocenters. The number of nitrogens with one attached hydrogen (secondary N) is 2. The number of aromatic carboxylic acids is 1. The largest absolute Gasteiger partial charge is 0.477 e. The van der Waals surface area contributed by atoms with Crippen LogP contribution in [0.3, 0.4) is 0 Å². The van der Waals surface area contributed by atoms with Crippen LogP contribution in [-0.2, 0) is 10.0 Å². The first-order valence-electron chi connectivity index (χ1n) is 5.99. The molecule has 0 saturated carbocycles. The lowest BCUT2D eigenvalue weighted by molar-refractivity contribution is 0.0691. The second kappa shape index (κ2) is 5.88. The third-order valence-corrected chi connectivity index (χ3v) is 4.67. The molecule has 2 aromatic rings. The molecule has 0 fully saturated rings. The van der Waals surface area contributed by atoms with Gasteiger partial charge in [0, 0.05) is 17.3 Å². The first-order valence-corrected chi connectivity index (χ1v) is 7.85. The Morgan fingerprint density at radius 2 is 1.95 bits per heavy atom. The molecule has 1 atom stereocenters. The van der Waals surface area contributed by atoms with Gasteiger partial charge in [-0.1, -0.05) is 23.7 Å². The minimum absolute atomic E-state index is 0.124. The minimum Gasteiger partial charge on any atom is -0.477 e. The first kappa shape index (κ1) is 15.6. The monoisotopic (exact) mass is 328 g/mol. The Bertz CT molecular complexity index is 753. The van der Waals surface area contributed by atoms with Gasteiger partial charge in [-0.25, -0.2) is 17.9 Å². The van der Waals surface area contributed by atoms with E-state index >= 15 is 0 Å². The van der Waals surface area contributed by atoms with Crippen molar-refractivity contribution in [2.45, 2.75) is 17.9 Å². The molecule has 0 bridgehead atoms. The molecule has 0 aliphatic heterocycles. The van der Waals surface area contributed by atoms with Crippen molar-refractivity contribution in [1.82, 2.24) is 9.71 Å². The smallest absolute Gasteiger partial charge is 0.352 e. The molecule has 0 aliphatic carbocycles. The van der Waals surface area contributed by atoms with E-state index < -0.39 is 22.0 Å². The zero-order valence-corrected chi connectivity index (χ0v) is 12.6. The van der Waals surface area contributed by atoms with Crippen LogP contribution in [0.1, 0.15) is 29.0 Å². The summed E-state index contributed by atoms with van der Waals surface area (Å²) in [4.78, 5) is 13.0. The van der Waals surface area contributed by atoms with E-state index in [1.807, 2.05) is 0 Å². The van der Waals surface area contributed by atoms with Crippen molar-refractivity contribution in [1.29, 1.82) is 0 Å². The number of carboxylic acids is 1. The van der Waals surface area contributed by atoms with Gasteiger partial charge in [0.2, 0.25) is 10.0 Å². The maximum Gasteiger partial charge on any atom is 0.352 e. The van der Waals surface area contributed by atoms with Crippen LogP contribution in [0.4, 0.5) is 0 Å². The summed E-state index contributed by atoms with van der Waals surface area (Å²) in [5.41, 5.74) is 0.562. The van der Waals surface area contributed by atoms with Gasteiger partial charge in [-0.05, 0) is 30.7 Å². The fourth-order valence-electron chi connectivity index (χ4n) is 1.77. The number of carbonyl (C=O) groups is 1. The van der Waals surface area contributed by atoms with Crippen molar-refractivity contribution in [3.05, 3.63) is 52.8 Å². The maximum absolute atomic E-state index is 12.2. The summed E-state index contributed by atoms with van der Waals surface area (Å²) in [6.07, 6.45) is 1.14. The summed E-state index contributed by atoms with van der Waals surface area (Å²) in [7, 11) is -3.81. The second-order valence-corrected chi connectivity index (χ2v) is 6.60. The average Bonchev–Trinajstić information content (AvgIpc) is 2.89. The van der Waals surface area contributed by atoms with Crippen LogP contribution in [-0.4, -0.2) is 24.5 Å². The molecule has 3 N–H and O–H groups in total. The summed E-state index contributed by atoms with van der Waals surface area (Å²) >= 11 is 5.78. The zero-order chi connectivity index (χ0) is 15.6. The number of rotatable bonds is 5. The number of aromatic amines is 1. The predicted molar refractivity (Wildman–Crippen MR) is 77.9 cm³/mol. The fourth-order valence-corrected chi connectivity index (χ4v) is 3.12. The van der Waals surface area contributed by atoms with Crippen LogP contribution in [0, 0.1) is 0 Å². The molecule has 112 valence electrons. The third kappa shape index (κ3) is 3.63. The van der Waals surface area contributed by atoms with Gasteiger partial charge in [0.25, 0.3) is 0 Å². The molecular formula is C13H13ClN2O4S. The van der Waals surface area contributed by atoms with Gasteiger partial charge in [0.1, 0.15) is 10.6 Å². The van der Waals surface area contributed by atoms with Gasteiger partial charge < -0.3 is 10.1 Å². The highest BCUT2D eigenvalue weighted by Crippen LogP contribution is 2.19. The number of H-pyrrole nitrogens is 1. The van der Waals surface area contributed by atoms with Gasteiger partial charge >= 0.3 is 5.97 Å². The third-order valence-electron chi connectivity index (χ3n) is 2.90. The Kier molecular flexibility index (Phi) is 4.36. The SMILES string of the molecule is C[C@@H](NS(=O)(=O)c1c[nH]c(C(=O)O)c1)c1ccc(Cl)cc1. The van der Waals surface area contributed by atoms with Crippen LogP contribution in [0.5, 0.6) is 0 Å². The Balaban J connectivity index is 2.20. The Morgan fingerprint density at radius 3 is 2.48 bits per heavy atom. The van der Waals surface area contributed by atoms with Crippen molar-refractivity contribution >= 4 is 27.6 Å². The van der Waals surface area contributed by atoms with Crippen molar-refractivity contribution in [3.63, 3.8) is 0 Å². The molecular weight excluding hydrogens is 316 g/mol. The van der Waals surface area contributed by atoms with E-state index in [1.165, 1.54) is 0 Å². The van der Waals surface area contributed by atoms with E-state index in [4.69, 9.17) is 16.7 Å². The van der Waals surface area contributed by atoms with Crippen LogP contribution >= 0.6 is 11.6 Å². The number of halogens is 1. The van der Waals surface area contributed by atoms with E-state index in [9.17, 15) is 13.2 Å². The number of hydrogen-bond acceptors (Lipinski definition) is 3. The van der Waals surface area contributed by atoms with E-state index in [0.29, 0.717) is 5.02 Å². The highest BCUT2D eigenvalue weighted by atomic mass is 35.5. The molecule has 1 aromatic heterocycles. The minimum atomic E-state index is -3.81. The number of aromatic nitrogens is 1. The number of hydrogen-bond donors (Lipinski definition) is 3. The van der Waals surface area contributed by atoms with Crippen LogP contribution in [0.2, 0.25) is 5.02 Å². The van der Waals surface area contributed by atoms with E-state index in [2.05, 4.69) is 9.71 Å². The summed E-state index contributed by atoms with van der Waals surface area (Å²) in [5, 5.41) is 9.35. The molecule has 1 aromatic carbocycles. The van der Waals surface area contributed by atoms with Crippen LogP contribution < -0.4 is 4.72 Å². The number of carboxylic acid groups (broad SMARTS) is 1. The lowest BCUT2D eigenvalue weighted by Crippen LogP contribution is -2.26. The standard InChI is InChI=1S/C13H13ClN2O4S/c1-8(9-2-4-10(14)5-3-9)16-21(19,20)11-6-12(13(17)18)15-7-11/h2-8,15-16H,1H3,(H,17,18)/t8-/m1/s1. The molecule has 2 rings (SSSR count). The molecule has 1 heterocycles. The van der Waals surface area contributed by atoms with Crippen molar-refractivity contribution < 1.29 is 18.3 Å². The number of sulfonamides is 1. The fraction of sp³-hybridized carbons (Fsp3) is 0.154. The van der Waals surface area contributed by atoms with E-state index in [1.54, 1.807) is 31.2 Å². The normalized spacial score (nSPS) is 13.0. The topological polar surface area (TPSA) is 99.3 Å². The highest BCUT2D eigenvalue weighted by molar-refractivity contribution is 7.89. The Morgan fingerprint density at radius 1 is 1.33 bits per heavy atom. The van der Waals surface area contributed by atoms with Gasteiger partial charge in [-0.2, -0.15) is 0 Å². The van der Waals surface area contributed by atoms with Crippen LogP contribution in [0.25, 0.3) is 0 Å². The summed E-state index contributed by atoms with van der Waals surface area (Å²) in [5.74, 6) is -1.22. The van der Waals surface area contributed by atoms with Gasteiger partial charge in [0.15, 0.2) is 0 Å². The van der Waals surface area contributed by atoms with Crippen LogP contribution in [0.15, 0.2) is 41.4 Å². The molecule has 0 saturated heterocycles. The molecule has 0 spiro atoms. The highest BCUT2D eigenvalue weighted by Gasteiger charge is 2.21. The van der Waals surface area contributed by atoms with Gasteiger partial charge in [0.05, 0.1) is 0 Å². The van der Waals surface area contributed by atoms with Crippen molar-refractivity contribution in [2.24, 2.45) is 0 Å². The van der Waals surface area contributed by atoms with E-state index in [-0.39, 0.29) is 10.6 Å². The molecule has 6 nitrogen and oxygen atoms in total. The van der Waals surface area contributed by atoms with Gasteiger partial charge in [-0.3, -0.25) is 0 Å². The molecule has 0 radical (unpaired) electrons. The first-order chi connectivity index (χ1) is 9.79. The quantitative estimate of drug-likeness (QED) is 0.784. The maximum atomic E-state index is 12.2.